The number of hydroxylamine groups is 1. The molecule has 1 heterocycles. The molecule has 44 heavy (non-hydrogen) atoms. The number of hydrogen-bond acceptors (Lipinski definition) is 8. The monoisotopic (exact) mass is 620 g/mol. The van der Waals surface area contributed by atoms with Gasteiger partial charge in [-0.1, -0.05) is 18.2 Å². The van der Waals surface area contributed by atoms with Crippen molar-refractivity contribution in [2.24, 2.45) is 17.2 Å². The third-order valence-corrected chi connectivity index (χ3v) is 7.56. The average Bonchev–Trinajstić information content (AvgIpc) is 3.29. The summed E-state index contributed by atoms with van der Waals surface area (Å²) in [5.41, 5.74) is 18.0. The topological polar surface area (TPSA) is 177 Å². The fraction of sp³-hybridized carbons (Fsp3) is 0.483. The van der Waals surface area contributed by atoms with Crippen molar-refractivity contribution in [2.75, 3.05) is 31.2 Å². The molecule has 2 aromatic rings. The molecular formula is C29H40BF3N6O5. The van der Waals surface area contributed by atoms with Crippen LogP contribution in [-0.4, -0.2) is 73.6 Å². The number of hydrogen-bond donors (Lipinski definition) is 5. The minimum atomic E-state index is -4.50. The number of fused-ring (bicyclic) bond motifs is 1. The van der Waals surface area contributed by atoms with Gasteiger partial charge >= 0.3 is 13.7 Å². The van der Waals surface area contributed by atoms with E-state index in [-0.39, 0.29) is 50.4 Å². The Kier molecular flexibility index (Phi) is 11.9. The predicted octanol–water partition coefficient (Wildman–Crippen LogP) is 0.641. The van der Waals surface area contributed by atoms with E-state index in [0.29, 0.717) is 31.2 Å². The molecule has 2 atom stereocenters. The number of anilines is 1. The Balaban J connectivity index is 1.75. The first-order valence-corrected chi connectivity index (χ1v) is 14.4. The van der Waals surface area contributed by atoms with Gasteiger partial charge in [0.25, 0.3) is 5.91 Å². The summed E-state index contributed by atoms with van der Waals surface area (Å²) >= 11 is 0. The lowest BCUT2D eigenvalue weighted by molar-refractivity contribution is -0.137. The number of nitrogens with one attached hydrogen (secondary N) is 1. The van der Waals surface area contributed by atoms with Crippen LogP contribution in [0.5, 0.6) is 0 Å². The molecule has 0 saturated carbocycles. The van der Waals surface area contributed by atoms with E-state index in [0.717, 1.165) is 23.2 Å². The third-order valence-electron chi connectivity index (χ3n) is 7.56. The number of nitrogens with zero attached hydrogens (tertiary/aromatic N) is 2. The molecule has 0 bridgehead atoms. The molecule has 0 radical (unpaired) electrons. The van der Waals surface area contributed by atoms with E-state index in [1.165, 1.54) is 17.0 Å². The molecule has 3 amide bonds. The van der Waals surface area contributed by atoms with Crippen LogP contribution >= 0.6 is 0 Å². The molecular weight excluding hydrogens is 580 g/mol. The van der Waals surface area contributed by atoms with E-state index in [2.05, 4.69) is 5.32 Å². The molecule has 11 nitrogen and oxygen atoms in total. The van der Waals surface area contributed by atoms with Gasteiger partial charge in [-0.25, -0.2) is 0 Å². The second kappa shape index (κ2) is 15.0. The zero-order valence-electron chi connectivity index (χ0n) is 24.9. The molecule has 0 fully saturated rings. The molecule has 0 aromatic heterocycles. The van der Waals surface area contributed by atoms with Crippen LogP contribution in [0, 0.1) is 0 Å². The van der Waals surface area contributed by atoms with Gasteiger partial charge in [0.15, 0.2) is 0 Å². The van der Waals surface area contributed by atoms with Crippen LogP contribution in [0.4, 0.5) is 18.9 Å². The van der Waals surface area contributed by atoms with Crippen LogP contribution in [0.25, 0.3) is 0 Å². The molecule has 2 aromatic carbocycles. The Morgan fingerprint density at radius 2 is 1.68 bits per heavy atom. The molecule has 0 saturated heterocycles. The average molecular weight is 620 g/mol. The molecule has 1 aliphatic rings. The first-order valence-electron chi connectivity index (χ1n) is 14.4. The molecule has 3 rings (SSSR count). The van der Waals surface area contributed by atoms with Gasteiger partial charge in [-0.3, -0.25) is 19.6 Å². The summed E-state index contributed by atoms with van der Waals surface area (Å²) in [6, 6.07) is 6.89. The van der Waals surface area contributed by atoms with Crippen LogP contribution in [0.3, 0.4) is 0 Å². The third kappa shape index (κ3) is 9.02. The number of carbonyl (C=O) groups is 3. The van der Waals surface area contributed by atoms with E-state index in [4.69, 9.17) is 21.9 Å². The van der Waals surface area contributed by atoms with Gasteiger partial charge in [-0.15, -0.1) is 0 Å². The lowest BCUT2D eigenvalue weighted by atomic mass is 9.84. The van der Waals surface area contributed by atoms with Crippen molar-refractivity contribution >= 4 is 36.4 Å². The zero-order chi connectivity index (χ0) is 32.7. The largest absolute Gasteiger partial charge is 0.426 e. The zero-order valence-corrected chi connectivity index (χ0v) is 24.9. The van der Waals surface area contributed by atoms with Crippen molar-refractivity contribution in [3.8, 4) is 0 Å². The Hall–Kier alpha value is -3.50. The van der Waals surface area contributed by atoms with E-state index < -0.39 is 41.2 Å². The summed E-state index contributed by atoms with van der Waals surface area (Å²) in [7, 11) is 0.379. The number of benzene rings is 2. The Bertz CT molecular complexity index is 1310. The van der Waals surface area contributed by atoms with E-state index in [1.54, 1.807) is 18.2 Å². The molecule has 8 N–H and O–H groups in total. The SMILES string of the molecule is CC1(C)OBc2ccc(N(O)C(=O)[C@@H](CCc3ccc(C(F)(F)F)cc3)NC(=O)[C@@H](N)CCC(=O)N(CCN)CCN)cc21. The highest BCUT2D eigenvalue weighted by Gasteiger charge is 2.34. The van der Waals surface area contributed by atoms with Crippen LogP contribution in [0.15, 0.2) is 42.5 Å². The Morgan fingerprint density at radius 3 is 2.27 bits per heavy atom. The highest BCUT2D eigenvalue weighted by molar-refractivity contribution is 6.49. The second-order valence-electron chi connectivity index (χ2n) is 11.2. The van der Waals surface area contributed by atoms with Gasteiger partial charge < -0.3 is 32.1 Å². The normalized spacial score (nSPS) is 15.1. The summed E-state index contributed by atoms with van der Waals surface area (Å²) in [6.07, 6.45) is -4.54. The van der Waals surface area contributed by atoms with Crippen molar-refractivity contribution in [3.05, 3.63) is 59.2 Å². The maximum Gasteiger partial charge on any atom is 0.416 e. The first kappa shape index (κ1) is 35.0. The van der Waals surface area contributed by atoms with Crippen molar-refractivity contribution in [2.45, 2.75) is 63.4 Å². The Morgan fingerprint density at radius 1 is 1.05 bits per heavy atom. The smallest absolute Gasteiger partial charge is 0.416 e. The van der Waals surface area contributed by atoms with Gasteiger partial charge in [0.05, 0.1) is 22.9 Å². The van der Waals surface area contributed by atoms with Gasteiger partial charge in [-0.05, 0) is 74.0 Å². The Labute approximate surface area is 255 Å². The summed E-state index contributed by atoms with van der Waals surface area (Å²) in [6.45, 7) is 4.81. The van der Waals surface area contributed by atoms with Gasteiger partial charge in [0.1, 0.15) is 6.04 Å². The minimum Gasteiger partial charge on any atom is -0.426 e. The van der Waals surface area contributed by atoms with Crippen molar-refractivity contribution in [3.63, 3.8) is 0 Å². The maximum atomic E-state index is 13.5. The number of rotatable bonds is 14. The quantitative estimate of drug-likeness (QED) is 0.116. The number of aryl methyl sites for hydroxylation is 1. The number of halogens is 3. The molecule has 0 spiro atoms. The molecule has 0 aliphatic carbocycles. The highest BCUT2D eigenvalue weighted by Crippen LogP contribution is 2.31. The van der Waals surface area contributed by atoms with Gasteiger partial charge in [-0.2, -0.15) is 18.2 Å². The number of alkyl halides is 3. The van der Waals surface area contributed by atoms with Gasteiger partial charge in [0, 0.05) is 32.6 Å². The minimum absolute atomic E-state index is 0.0289. The van der Waals surface area contributed by atoms with Crippen LogP contribution < -0.4 is 33.0 Å². The summed E-state index contributed by atoms with van der Waals surface area (Å²) < 4.78 is 44.7. The predicted molar refractivity (Wildman–Crippen MR) is 160 cm³/mol. The second-order valence-corrected chi connectivity index (χ2v) is 11.2. The van der Waals surface area contributed by atoms with Crippen LogP contribution in [-0.2, 0) is 37.2 Å². The van der Waals surface area contributed by atoms with Gasteiger partial charge in [0.2, 0.25) is 11.8 Å². The van der Waals surface area contributed by atoms with E-state index in [1.807, 2.05) is 13.8 Å². The number of carbonyl (C=O) groups excluding carboxylic acids is 3. The summed E-state index contributed by atoms with van der Waals surface area (Å²) in [4.78, 5) is 40.6. The maximum absolute atomic E-state index is 13.5. The molecule has 0 unspecified atom stereocenters. The highest BCUT2D eigenvalue weighted by atomic mass is 19.4. The van der Waals surface area contributed by atoms with E-state index in [9.17, 15) is 32.8 Å². The summed E-state index contributed by atoms with van der Waals surface area (Å²) in [5, 5.41) is 13.9. The molecule has 15 heteroatoms. The van der Waals surface area contributed by atoms with Crippen molar-refractivity contribution < 1.29 is 37.4 Å². The lowest BCUT2D eigenvalue weighted by Crippen LogP contribution is -2.52. The van der Waals surface area contributed by atoms with Crippen LogP contribution in [0.1, 0.15) is 49.8 Å². The lowest BCUT2D eigenvalue weighted by Gasteiger charge is -2.26. The van der Waals surface area contributed by atoms with Crippen LogP contribution in [0.2, 0.25) is 0 Å². The fourth-order valence-corrected chi connectivity index (χ4v) is 4.94. The van der Waals surface area contributed by atoms with E-state index >= 15 is 0 Å². The first-order chi connectivity index (χ1) is 20.7. The summed E-state index contributed by atoms with van der Waals surface area (Å²) in [5.74, 6) is -1.88. The molecule has 240 valence electrons. The number of nitrogens with two attached hydrogens (primary N) is 3. The van der Waals surface area contributed by atoms with Crippen molar-refractivity contribution in [1.29, 1.82) is 0 Å². The molecule has 1 aliphatic heterocycles. The fourth-order valence-electron chi connectivity index (χ4n) is 4.94. The standard InChI is InChI=1S/C29H40BF3N6O5/c1-28(2)21-17-20(8-9-22(21)30-44-28)39(43)27(42)24(11-5-18-3-6-19(7-4-18)29(31,32)33)37-26(41)23(36)10-12-25(40)38(15-13-34)16-14-35/h3-4,6-9,17,23-24,30,43H,5,10-16,34-36H2,1-2H3,(H,37,41)/t23-,24+/m0/s1. The van der Waals surface area contributed by atoms with Crippen molar-refractivity contribution in [1.82, 2.24) is 10.2 Å². The number of amides is 3.